The van der Waals surface area contributed by atoms with Gasteiger partial charge in [-0.3, -0.25) is 0 Å². The summed E-state index contributed by atoms with van der Waals surface area (Å²) >= 11 is 0. The van der Waals surface area contributed by atoms with E-state index in [1.165, 1.54) is 25.7 Å². The number of hydrogen-bond acceptors (Lipinski definition) is 3. The highest BCUT2D eigenvalue weighted by molar-refractivity contribution is 4.82. The van der Waals surface area contributed by atoms with Crippen LogP contribution in [0.15, 0.2) is 0 Å². The lowest BCUT2D eigenvalue weighted by Gasteiger charge is -2.33. The predicted molar refractivity (Wildman–Crippen MR) is 64.6 cm³/mol. The van der Waals surface area contributed by atoms with E-state index in [0.717, 1.165) is 32.8 Å². The Balaban J connectivity index is 1.78. The average Bonchev–Trinajstić information content (AvgIpc) is 2.81. The first-order valence-corrected chi connectivity index (χ1v) is 6.83. The quantitative estimate of drug-likeness (QED) is 0.779. The van der Waals surface area contributed by atoms with E-state index in [9.17, 15) is 0 Å². The van der Waals surface area contributed by atoms with Crippen molar-refractivity contribution in [3.63, 3.8) is 0 Å². The van der Waals surface area contributed by atoms with Crippen LogP contribution in [-0.2, 0) is 9.47 Å². The van der Waals surface area contributed by atoms with Crippen molar-refractivity contribution in [1.82, 2.24) is 5.32 Å². The van der Waals surface area contributed by atoms with Crippen LogP contribution in [-0.4, -0.2) is 38.5 Å². The van der Waals surface area contributed by atoms with Gasteiger partial charge in [-0.15, -0.1) is 0 Å². The summed E-state index contributed by atoms with van der Waals surface area (Å²) < 4.78 is 11.3. The summed E-state index contributed by atoms with van der Waals surface area (Å²) in [5.41, 5.74) is 0. The first-order valence-electron chi connectivity index (χ1n) is 6.83. The summed E-state index contributed by atoms with van der Waals surface area (Å²) in [6, 6.07) is 0.651. The van der Waals surface area contributed by atoms with Crippen molar-refractivity contribution in [3.8, 4) is 0 Å². The molecule has 3 nitrogen and oxygen atoms in total. The second-order valence-electron chi connectivity index (χ2n) is 5.06. The Morgan fingerprint density at radius 2 is 2.19 bits per heavy atom. The van der Waals surface area contributed by atoms with Crippen LogP contribution in [0.5, 0.6) is 0 Å². The van der Waals surface area contributed by atoms with Gasteiger partial charge >= 0.3 is 0 Å². The van der Waals surface area contributed by atoms with E-state index in [4.69, 9.17) is 9.47 Å². The summed E-state index contributed by atoms with van der Waals surface area (Å²) in [4.78, 5) is 0. The van der Waals surface area contributed by atoms with E-state index >= 15 is 0 Å². The predicted octanol–water partition coefficient (Wildman–Crippen LogP) is 1.96. The molecule has 2 rings (SSSR count). The maximum Gasteiger partial charge on any atom is 0.0580 e. The van der Waals surface area contributed by atoms with Gasteiger partial charge in [0.15, 0.2) is 0 Å². The molecule has 1 N–H and O–H groups in total. The lowest BCUT2D eigenvalue weighted by atomic mass is 9.89. The lowest BCUT2D eigenvalue weighted by Crippen LogP contribution is -2.44. The fourth-order valence-corrected chi connectivity index (χ4v) is 2.80. The highest BCUT2D eigenvalue weighted by atomic mass is 16.5. The van der Waals surface area contributed by atoms with Gasteiger partial charge in [-0.25, -0.2) is 0 Å². The Morgan fingerprint density at radius 3 is 2.94 bits per heavy atom. The molecule has 0 saturated carbocycles. The molecular formula is C13H25NO2. The molecule has 0 radical (unpaired) electrons. The molecule has 16 heavy (non-hydrogen) atoms. The zero-order chi connectivity index (χ0) is 11.2. The Labute approximate surface area is 98.9 Å². The normalized spacial score (nSPS) is 35.4. The molecule has 0 aromatic rings. The van der Waals surface area contributed by atoms with Crippen molar-refractivity contribution in [1.29, 1.82) is 0 Å². The van der Waals surface area contributed by atoms with E-state index in [1.807, 2.05) is 0 Å². The molecule has 0 spiro atoms. The molecule has 94 valence electrons. The molecule has 0 bridgehead atoms. The minimum atomic E-state index is 0.498. The highest BCUT2D eigenvalue weighted by Gasteiger charge is 2.29. The van der Waals surface area contributed by atoms with Crippen molar-refractivity contribution in [3.05, 3.63) is 0 Å². The molecular weight excluding hydrogens is 202 g/mol. The van der Waals surface area contributed by atoms with E-state index < -0.39 is 0 Å². The number of rotatable bonds is 5. The Bertz CT molecular complexity index is 192. The first-order chi connectivity index (χ1) is 7.90. The second kappa shape index (κ2) is 6.58. The van der Waals surface area contributed by atoms with Crippen LogP contribution in [0, 0.1) is 5.92 Å². The fraction of sp³-hybridized carbons (Fsp3) is 1.00. The van der Waals surface area contributed by atoms with Gasteiger partial charge in [0.1, 0.15) is 0 Å². The molecule has 2 aliphatic heterocycles. The third kappa shape index (κ3) is 3.44. The summed E-state index contributed by atoms with van der Waals surface area (Å²) in [5.74, 6) is 0.656. The zero-order valence-electron chi connectivity index (χ0n) is 10.4. The summed E-state index contributed by atoms with van der Waals surface area (Å²) in [5, 5.41) is 3.66. The zero-order valence-corrected chi connectivity index (χ0v) is 10.4. The summed E-state index contributed by atoms with van der Waals surface area (Å²) in [7, 11) is 0. The van der Waals surface area contributed by atoms with Crippen LogP contribution in [0.1, 0.15) is 39.0 Å². The van der Waals surface area contributed by atoms with Gasteiger partial charge in [-0.05, 0) is 38.6 Å². The monoisotopic (exact) mass is 227 g/mol. The first kappa shape index (κ1) is 12.3. The van der Waals surface area contributed by atoms with Crippen LogP contribution in [0.25, 0.3) is 0 Å². The van der Waals surface area contributed by atoms with Crippen molar-refractivity contribution in [2.24, 2.45) is 5.92 Å². The maximum atomic E-state index is 5.73. The second-order valence-corrected chi connectivity index (χ2v) is 5.06. The molecule has 3 unspecified atom stereocenters. The molecule has 0 aliphatic carbocycles. The van der Waals surface area contributed by atoms with E-state index in [2.05, 4.69) is 12.2 Å². The molecule has 2 aliphatic rings. The van der Waals surface area contributed by atoms with Gasteiger partial charge in [0, 0.05) is 25.2 Å². The fourth-order valence-electron chi connectivity index (χ4n) is 2.80. The van der Waals surface area contributed by atoms with Gasteiger partial charge in [0.2, 0.25) is 0 Å². The Morgan fingerprint density at radius 1 is 1.25 bits per heavy atom. The molecule has 0 amide bonds. The van der Waals surface area contributed by atoms with Gasteiger partial charge < -0.3 is 14.8 Å². The van der Waals surface area contributed by atoms with E-state index in [1.54, 1.807) is 0 Å². The van der Waals surface area contributed by atoms with Gasteiger partial charge in [-0.1, -0.05) is 6.92 Å². The third-order valence-electron chi connectivity index (χ3n) is 3.72. The topological polar surface area (TPSA) is 30.5 Å². The van der Waals surface area contributed by atoms with Gasteiger partial charge in [0.05, 0.1) is 12.7 Å². The number of nitrogens with one attached hydrogen (secondary N) is 1. The van der Waals surface area contributed by atoms with Crippen molar-refractivity contribution in [2.75, 3.05) is 26.4 Å². The average molecular weight is 227 g/mol. The number of hydrogen-bond donors (Lipinski definition) is 1. The SMILES string of the molecule is CCCNC1CCOCC1CC1CCCO1. The van der Waals surface area contributed by atoms with Gasteiger partial charge in [-0.2, -0.15) is 0 Å². The number of ether oxygens (including phenoxy) is 2. The maximum absolute atomic E-state index is 5.73. The molecule has 2 heterocycles. The van der Waals surface area contributed by atoms with Crippen molar-refractivity contribution >= 4 is 0 Å². The standard InChI is InChI=1S/C13H25NO2/c1-2-6-14-13-5-8-15-10-11(13)9-12-4-3-7-16-12/h11-14H,2-10H2,1H3. The van der Waals surface area contributed by atoms with E-state index in [-0.39, 0.29) is 0 Å². The van der Waals surface area contributed by atoms with E-state index in [0.29, 0.717) is 18.1 Å². The summed E-state index contributed by atoms with van der Waals surface area (Å²) in [6.07, 6.45) is 6.54. The van der Waals surface area contributed by atoms with Crippen LogP contribution in [0.2, 0.25) is 0 Å². The van der Waals surface area contributed by atoms with Crippen molar-refractivity contribution < 1.29 is 9.47 Å². The van der Waals surface area contributed by atoms with Crippen LogP contribution in [0.4, 0.5) is 0 Å². The molecule has 3 atom stereocenters. The lowest BCUT2D eigenvalue weighted by molar-refractivity contribution is 0.00234. The van der Waals surface area contributed by atoms with Crippen molar-refractivity contribution in [2.45, 2.75) is 51.2 Å². The molecule has 2 fully saturated rings. The summed E-state index contributed by atoms with van der Waals surface area (Å²) in [6.45, 7) is 6.16. The Hall–Kier alpha value is -0.120. The molecule has 3 heteroatoms. The molecule has 2 saturated heterocycles. The van der Waals surface area contributed by atoms with Crippen LogP contribution < -0.4 is 5.32 Å². The minimum absolute atomic E-state index is 0.498. The molecule has 0 aromatic heterocycles. The minimum Gasteiger partial charge on any atom is -0.381 e. The molecule has 0 aromatic carbocycles. The highest BCUT2D eigenvalue weighted by Crippen LogP contribution is 2.25. The largest absolute Gasteiger partial charge is 0.381 e. The third-order valence-corrected chi connectivity index (χ3v) is 3.72. The Kier molecular flexibility index (Phi) is 5.07. The van der Waals surface area contributed by atoms with Crippen LogP contribution in [0.3, 0.4) is 0 Å². The van der Waals surface area contributed by atoms with Crippen LogP contribution >= 0.6 is 0 Å². The van der Waals surface area contributed by atoms with Gasteiger partial charge in [0.25, 0.3) is 0 Å². The smallest absolute Gasteiger partial charge is 0.0580 e.